The maximum absolute atomic E-state index is 11.2. The lowest BCUT2D eigenvalue weighted by atomic mass is 9.47. The quantitative estimate of drug-likeness (QED) is 0.307. The molecule has 0 spiro atoms. The van der Waals surface area contributed by atoms with Crippen LogP contribution in [0.15, 0.2) is 59.3 Å². The molecule has 1 heteroatoms. The van der Waals surface area contributed by atoms with Crippen LogP contribution in [-0.4, -0.2) is 5.78 Å². The Morgan fingerprint density at radius 1 is 0.854 bits per heavy atom. The average Bonchev–Trinajstić information content (AvgIpc) is 2.91. The first kappa shape index (κ1) is 33.9. The highest BCUT2D eigenvalue weighted by Gasteiger charge is 2.51. The van der Waals surface area contributed by atoms with Gasteiger partial charge in [-0.1, -0.05) is 95.2 Å². The fourth-order valence-electron chi connectivity index (χ4n) is 8.24. The van der Waals surface area contributed by atoms with E-state index in [4.69, 9.17) is 0 Å². The highest BCUT2D eigenvalue weighted by Crippen LogP contribution is 2.61. The van der Waals surface area contributed by atoms with Gasteiger partial charge >= 0.3 is 0 Å². The zero-order chi connectivity index (χ0) is 30.7. The number of carbonyl (C=O) groups is 1. The van der Waals surface area contributed by atoms with Crippen LogP contribution in [0.4, 0.5) is 0 Å². The Morgan fingerprint density at radius 3 is 1.85 bits per heavy atom. The summed E-state index contributed by atoms with van der Waals surface area (Å²) in [7, 11) is 0. The average molecular weight is 561 g/mol. The largest absolute Gasteiger partial charge is 0.295 e. The minimum absolute atomic E-state index is 0.343. The molecule has 6 atom stereocenters. The summed E-state index contributed by atoms with van der Waals surface area (Å²) in [6, 6.07) is 0. The van der Waals surface area contributed by atoms with Crippen LogP contribution in [0.3, 0.4) is 0 Å². The standard InChI is InChI=1S/C10H16O.3C10H16/c1-7(2)9-5-4-8(3)10(11)6-9;2*1-7-4-5-8-6-9(7)10(8,2)3;1-8(2)10-6-4-9(3)5-7-10/h4,7,9H,5-6H2,1-3H3;4,8-9H,5-6H2,1-3H3;8-9H,1,4-6H2,2-3H3;4,10H,1,5-7H2,2-3H3. The van der Waals surface area contributed by atoms with Crippen molar-refractivity contribution in [1.82, 2.24) is 0 Å². The number of fused-ring (bicyclic) bond motifs is 3. The summed E-state index contributed by atoms with van der Waals surface area (Å²) in [4.78, 5) is 11.2. The second kappa shape index (κ2) is 13.8. The minimum atomic E-state index is 0.343. The SMILES string of the molecule is C=C(C)C1CC=C(C)CC1.C=C1CCC2CC1C2(C)C.CC1=CCC(C(C)C)CC1=O.CC1=CCC2CC1C2(C)C. The number of hydrogen-bond acceptors (Lipinski definition) is 1. The van der Waals surface area contributed by atoms with Crippen LogP contribution in [0.5, 0.6) is 0 Å². The van der Waals surface area contributed by atoms with Crippen molar-refractivity contribution in [3.63, 3.8) is 0 Å². The van der Waals surface area contributed by atoms with Crippen molar-refractivity contribution in [2.45, 2.75) is 133 Å². The fourth-order valence-corrected chi connectivity index (χ4v) is 8.24. The molecule has 0 aliphatic heterocycles. The summed E-state index contributed by atoms with van der Waals surface area (Å²) < 4.78 is 0. The predicted molar refractivity (Wildman–Crippen MR) is 180 cm³/mol. The third kappa shape index (κ3) is 8.06. The number of rotatable bonds is 2. The molecule has 0 amide bonds. The van der Waals surface area contributed by atoms with Gasteiger partial charge in [0.1, 0.15) is 0 Å². The summed E-state index contributed by atoms with van der Waals surface area (Å²) in [5.74, 6) is 6.15. The fraction of sp³-hybridized carbons (Fsp3) is 0.725. The summed E-state index contributed by atoms with van der Waals surface area (Å²) in [6.45, 7) is 30.7. The second-order valence-electron chi connectivity index (χ2n) is 16.1. The van der Waals surface area contributed by atoms with Crippen molar-refractivity contribution < 1.29 is 4.79 Å². The highest BCUT2D eigenvalue weighted by molar-refractivity contribution is 5.95. The molecule has 0 aromatic carbocycles. The monoisotopic (exact) mass is 560 g/mol. The molecule has 0 heterocycles. The molecule has 8 aliphatic rings. The topological polar surface area (TPSA) is 17.1 Å². The molecule has 41 heavy (non-hydrogen) atoms. The number of ketones is 1. The van der Waals surface area contributed by atoms with E-state index >= 15 is 0 Å². The van der Waals surface area contributed by atoms with Gasteiger partial charge in [-0.05, 0) is 143 Å². The molecule has 230 valence electrons. The first-order chi connectivity index (χ1) is 19.0. The van der Waals surface area contributed by atoms with Gasteiger partial charge in [0.25, 0.3) is 0 Å². The Bertz CT molecular complexity index is 1050. The molecule has 0 saturated heterocycles. The van der Waals surface area contributed by atoms with Gasteiger partial charge < -0.3 is 0 Å². The van der Waals surface area contributed by atoms with E-state index in [1.54, 1.807) is 11.1 Å². The number of Topliss-reactive ketones (excluding diaryl/α,β-unsaturated/α-hetero) is 1. The molecule has 1 nitrogen and oxygen atoms in total. The van der Waals surface area contributed by atoms with E-state index in [0.717, 1.165) is 48.0 Å². The lowest BCUT2D eigenvalue weighted by molar-refractivity contribution is -0.117. The predicted octanol–water partition coefficient (Wildman–Crippen LogP) is 11.9. The van der Waals surface area contributed by atoms with Gasteiger partial charge in [-0.3, -0.25) is 4.79 Å². The van der Waals surface area contributed by atoms with Crippen molar-refractivity contribution in [2.75, 3.05) is 0 Å². The molecule has 4 bridgehead atoms. The molecule has 0 N–H and O–H groups in total. The summed E-state index contributed by atoms with van der Waals surface area (Å²) in [5, 5.41) is 0. The van der Waals surface area contributed by atoms with E-state index in [0.29, 0.717) is 28.4 Å². The minimum Gasteiger partial charge on any atom is -0.295 e. The van der Waals surface area contributed by atoms with Crippen LogP contribution in [0, 0.1) is 52.3 Å². The summed E-state index contributed by atoms with van der Waals surface area (Å²) in [6.07, 6.45) is 19.5. The van der Waals surface area contributed by atoms with Crippen molar-refractivity contribution in [3.05, 3.63) is 59.3 Å². The van der Waals surface area contributed by atoms with Crippen molar-refractivity contribution in [3.8, 4) is 0 Å². The van der Waals surface area contributed by atoms with E-state index in [1.807, 2.05) is 6.92 Å². The van der Waals surface area contributed by atoms with Gasteiger partial charge in [0, 0.05) is 6.42 Å². The van der Waals surface area contributed by atoms with Gasteiger partial charge in [-0.25, -0.2) is 0 Å². The van der Waals surface area contributed by atoms with Crippen LogP contribution in [0.1, 0.15) is 133 Å². The number of hydrogen-bond donors (Lipinski definition) is 0. The first-order valence-corrected chi connectivity index (χ1v) is 16.9. The summed E-state index contributed by atoms with van der Waals surface area (Å²) >= 11 is 0. The highest BCUT2D eigenvalue weighted by atomic mass is 16.1. The molecule has 4 fully saturated rings. The van der Waals surface area contributed by atoms with Crippen LogP contribution in [-0.2, 0) is 4.79 Å². The maximum atomic E-state index is 11.2. The Labute approximate surface area is 255 Å². The summed E-state index contributed by atoms with van der Waals surface area (Å²) in [5.41, 5.74) is 8.27. The number of allylic oxidation sites excluding steroid dienone is 8. The van der Waals surface area contributed by atoms with Crippen molar-refractivity contribution in [2.24, 2.45) is 52.3 Å². The smallest absolute Gasteiger partial charge is 0.158 e. The van der Waals surface area contributed by atoms with Crippen LogP contribution in [0.2, 0.25) is 0 Å². The zero-order valence-electron chi connectivity index (χ0n) is 28.7. The van der Waals surface area contributed by atoms with Crippen molar-refractivity contribution in [1.29, 1.82) is 0 Å². The Hall–Kier alpha value is -1.63. The van der Waals surface area contributed by atoms with Crippen LogP contribution in [0.25, 0.3) is 0 Å². The first-order valence-electron chi connectivity index (χ1n) is 16.9. The van der Waals surface area contributed by atoms with E-state index in [9.17, 15) is 4.79 Å². The van der Waals surface area contributed by atoms with E-state index < -0.39 is 0 Å². The second-order valence-corrected chi connectivity index (χ2v) is 16.1. The Balaban J connectivity index is 0.000000150. The van der Waals surface area contributed by atoms with E-state index in [1.165, 1.54) is 62.5 Å². The molecule has 0 radical (unpaired) electrons. The van der Waals surface area contributed by atoms with Crippen LogP contribution >= 0.6 is 0 Å². The molecule has 6 unspecified atom stereocenters. The number of carbonyl (C=O) groups excluding carboxylic acids is 1. The molecule has 8 aliphatic carbocycles. The Morgan fingerprint density at radius 2 is 1.49 bits per heavy atom. The molecule has 0 aromatic heterocycles. The van der Waals surface area contributed by atoms with E-state index in [-0.39, 0.29) is 0 Å². The molecule has 8 rings (SSSR count). The lowest BCUT2D eigenvalue weighted by Crippen LogP contribution is -2.48. The molecule has 0 aromatic rings. The van der Waals surface area contributed by atoms with Crippen LogP contribution < -0.4 is 0 Å². The van der Waals surface area contributed by atoms with Gasteiger partial charge in [0.2, 0.25) is 0 Å². The van der Waals surface area contributed by atoms with Crippen molar-refractivity contribution >= 4 is 5.78 Å². The lowest BCUT2D eigenvalue weighted by Gasteiger charge is -2.57. The molecule has 4 saturated carbocycles. The third-order valence-corrected chi connectivity index (χ3v) is 12.4. The maximum Gasteiger partial charge on any atom is 0.158 e. The van der Waals surface area contributed by atoms with E-state index in [2.05, 4.69) is 93.7 Å². The molecular formula is C40H64O. The van der Waals surface area contributed by atoms with Gasteiger partial charge in [0.05, 0.1) is 0 Å². The van der Waals surface area contributed by atoms with Gasteiger partial charge in [0.15, 0.2) is 5.78 Å². The van der Waals surface area contributed by atoms with Gasteiger partial charge in [-0.2, -0.15) is 0 Å². The van der Waals surface area contributed by atoms with Gasteiger partial charge in [-0.15, -0.1) is 0 Å². The third-order valence-electron chi connectivity index (χ3n) is 12.4. The zero-order valence-corrected chi connectivity index (χ0v) is 28.7. The Kier molecular flexibility index (Phi) is 11.4. The molecular weight excluding hydrogens is 496 g/mol. The normalized spacial score (nSPS) is 33.9.